The molecule has 3 nitrogen and oxygen atoms in total. The first-order valence-corrected chi connectivity index (χ1v) is 19.5. The van der Waals surface area contributed by atoms with Gasteiger partial charge in [-0.2, -0.15) is 0 Å². The summed E-state index contributed by atoms with van der Waals surface area (Å²) in [6, 6.07) is 67.8. The predicted molar refractivity (Wildman–Crippen MR) is 236 cm³/mol. The van der Waals surface area contributed by atoms with Crippen molar-refractivity contribution < 1.29 is 4.42 Å². The highest BCUT2D eigenvalue weighted by Crippen LogP contribution is 2.48. The van der Waals surface area contributed by atoms with Gasteiger partial charge in [0, 0.05) is 64.8 Å². The molecular formula is C51H34N2OS. The monoisotopic (exact) mass is 722 g/mol. The fraction of sp³-hybridized carbons (Fsp3) is 0.0196. The Morgan fingerprint density at radius 2 is 0.964 bits per heavy atom. The van der Waals surface area contributed by atoms with Crippen LogP contribution < -0.4 is 9.80 Å². The Morgan fingerprint density at radius 3 is 1.76 bits per heavy atom. The molecule has 55 heavy (non-hydrogen) atoms. The van der Waals surface area contributed by atoms with Crippen LogP contribution in [0.4, 0.5) is 34.1 Å². The van der Waals surface area contributed by atoms with Crippen molar-refractivity contribution in [3.63, 3.8) is 0 Å². The van der Waals surface area contributed by atoms with Crippen LogP contribution in [0.5, 0.6) is 0 Å². The molecule has 4 heteroatoms. The summed E-state index contributed by atoms with van der Waals surface area (Å²) in [6.45, 7) is 2.28. The van der Waals surface area contributed by atoms with Gasteiger partial charge in [0.1, 0.15) is 11.2 Å². The number of anilines is 6. The molecule has 0 saturated heterocycles. The minimum absolute atomic E-state index is 0.888. The Morgan fingerprint density at radius 1 is 0.382 bits per heavy atom. The highest BCUT2D eigenvalue weighted by atomic mass is 32.1. The van der Waals surface area contributed by atoms with Gasteiger partial charge in [0.2, 0.25) is 0 Å². The van der Waals surface area contributed by atoms with E-state index in [2.05, 4.69) is 193 Å². The van der Waals surface area contributed by atoms with Gasteiger partial charge in [-0.15, -0.1) is 11.3 Å². The lowest BCUT2D eigenvalue weighted by molar-refractivity contribution is 0.669. The maximum atomic E-state index is 6.25. The minimum Gasteiger partial charge on any atom is -0.456 e. The number of furan rings is 1. The van der Waals surface area contributed by atoms with E-state index >= 15 is 0 Å². The van der Waals surface area contributed by atoms with E-state index < -0.39 is 0 Å². The second kappa shape index (κ2) is 12.6. The van der Waals surface area contributed by atoms with Crippen molar-refractivity contribution in [3.05, 3.63) is 194 Å². The smallest absolute Gasteiger partial charge is 0.135 e. The summed E-state index contributed by atoms with van der Waals surface area (Å²) >= 11 is 1.86. The highest BCUT2D eigenvalue weighted by Gasteiger charge is 2.23. The standard InChI is InChI=1S/C51H34N2OS/c1-33-45(52(35-15-4-2-5-16-35)37-25-29-48-44(31-37)40-20-10-12-22-47(40)54-48)28-27-43-46(30-34-14-8-9-19-39(34)51(33)43)53(36-17-6-3-7-18-36)38-24-26-42-41-21-11-13-23-49(41)55-50(42)32-38/h2-32H,1H3. The molecule has 0 radical (unpaired) electrons. The third-order valence-corrected chi connectivity index (χ3v) is 12.1. The predicted octanol–water partition coefficient (Wildman–Crippen LogP) is 15.5. The first-order chi connectivity index (χ1) is 27.2. The Bertz CT molecular complexity index is 3240. The molecule has 11 aromatic rings. The maximum Gasteiger partial charge on any atom is 0.135 e. The quantitative estimate of drug-likeness (QED) is 0.159. The number of para-hydroxylation sites is 3. The topological polar surface area (TPSA) is 19.6 Å². The SMILES string of the molecule is Cc1c(N(c2ccccc2)c2ccc3oc4ccccc4c3c2)ccc2c(N(c3ccccc3)c3ccc4c(c3)sc3ccccc34)cc3ccccc3c12. The van der Waals surface area contributed by atoms with Gasteiger partial charge in [-0.25, -0.2) is 0 Å². The number of hydrogen-bond donors (Lipinski definition) is 0. The molecule has 0 aliphatic carbocycles. The third kappa shape index (κ3) is 5.10. The van der Waals surface area contributed by atoms with Gasteiger partial charge in [-0.3, -0.25) is 0 Å². The molecule has 11 rings (SSSR count). The van der Waals surface area contributed by atoms with Crippen LogP contribution in [0.25, 0.3) is 63.7 Å². The van der Waals surface area contributed by atoms with Gasteiger partial charge in [0.25, 0.3) is 0 Å². The molecule has 0 N–H and O–H groups in total. The molecule has 0 unspecified atom stereocenters. The van der Waals surface area contributed by atoms with E-state index in [4.69, 9.17) is 4.42 Å². The highest BCUT2D eigenvalue weighted by molar-refractivity contribution is 7.25. The molecular weight excluding hydrogens is 689 g/mol. The van der Waals surface area contributed by atoms with Crippen LogP contribution in [-0.2, 0) is 0 Å². The summed E-state index contributed by atoms with van der Waals surface area (Å²) in [6.07, 6.45) is 0. The van der Waals surface area contributed by atoms with Gasteiger partial charge >= 0.3 is 0 Å². The van der Waals surface area contributed by atoms with Gasteiger partial charge in [0.05, 0.1) is 5.69 Å². The molecule has 0 atom stereocenters. The van der Waals surface area contributed by atoms with Crippen molar-refractivity contribution in [2.45, 2.75) is 6.92 Å². The van der Waals surface area contributed by atoms with Crippen molar-refractivity contribution in [2.24, 2.45) is 0 Å². The second-order valence-corrected chi connectivity index (χ2v) is 15.2. The molecule has 0 saturated carbocycles. The summed E-state index contributed by atoms with van der Waals surface area (Å²) in [5.74, 6) is 0. The fourth-order valence-corrected chi connectivity index (χ4v) is 9.62. The van der Waals surface area contributed by atoms with Crippen LogP contribution in [0.3, 0.4) is 0 Å². The number of thiophene rings is 1. The summed E-state index contributed by atoms with van der Waals surface area (Å²) in [5, 5.41) is 9.70. The molecule has 0 fully saturated rings. The van der Waals surface area contributed by atoms with E-state index in [1.165, 1.54) is 47.3 Å². The van der Waals surface area contributed by atoms with E-state index in [1.54, 1.807) is 0 Å². The average molecular weight is 723 g/mol. The van der Waals surface area contributed by atoms with Crippen molar-refractivity contribution in [2.75, 3.05) is 9.80 Å². The summed E-state index contributed by atoms with van der Waals surface area (Å²) in [5.41, 5.74) is 9.71. The van der Waals surface area contributed by atoms with E-state index in [1.807, 2.05) is 23.5 Å². The Labute approximate surface area is 322 Å². The molecule has 0 aliphatic rings. The number of rotatable bonds is 6. The van der Waals surface area contributed by atoms with Gasteiger partial charge < -0.3 is 14.2 Å². The molecule has 9 aromatic carbocycles. The van der Waals surface area contributed by atoms with Gasteiger partial charge in [0.15, 0.2) is 0 Å². The van der Waals surface area contributed by atoms with E-state index in [9.17, 15) is 0 Å². The van der Waals surface area contributed by atoms with Crippen LogP contribution in [0.1, 0.15) is 5.56 Å². The van der Waals surface area contributed by atoms with Crippen LogP contribution in [0.15, 0.2) is 192 Å². The fourth-order valence-electron chi connectivity index (χ4n) is 8.48. The van der Waals surface area contributed by atoms with Crippen molar-refractivity contribution >= 4 is 109 Å². The lowest BCUT2D eigenvalue weighted by Crippen LogP contribution is -2.13. The number of nitrogens with zero attached hydrogens (tertiary/aromatic N) is 2. The zero-order valence-corrected chi connectivity index (χ0v) is 30.9. The number of fused-ring (bicyclic) bond motifs is 9. The maximum absolute atomic E-state index is 6.25. The second-order valence-electron chi connectivity index (χ2n) is 14.1. The Hall–Kier alpha value is -6.88. The minimum atomic E-state index is 0.888. The lowest BCUT2D eigenvalue weighted by Gasteiger charge is -2.30. The summed E-state index contributed by atoms with van der Waals surface area (Å²) < 4.78 is 8.84. The number of hydrogen-bond acceptors (Lipinski definition) is 4. The first-order valence-electron chi connectivity index (χ1n) is 18.7. The van der Waals surface area contributed by atoms with E-state index in [-0.39, 0.29) is 0 Å². The summed E-state index contributed by atoms with van der Waals surface area (Å²) in [4.78, 5) is 4.83. The first kappa shape index (κ1) is 31.6. The molecule has 0 spiro atoms. The number of aryl methyl sites for hydroxylation is 1. The van der Waals surface area contributed by atoms with Crippen LogP contribution in [-0.4, -0.2) is 0 Å². The van der Waals surface area contributed by atoms with Gasteiger partial charge in [-0.1, -0.05) is 109 Å². The van der Waals surface area contributed by atoms with Crippen molar-refractivity contribution in [1.82, 2.24) is 0 Å². The largest absolute Gasteiger partial charge is 0.456 e. The average Bonchev–Trinajstić information content (AvgIpc) is 3.80. The summed E-state index contributed by atoms with van der Waals surface area (Å²) in [7, 11) is 0. The van der Waals surface area contributed by atoms with Crippen LogP contribution >= 0.6 is 11.3 Å². The van der Waals surface area contributed by atoms with Gasteiger partial charge in [-0.05, 0) is 108 Å². The van der Waals surface area contributed by atoms with Crippen LogP contribution in [0, 0.1) is 6.92 Å². The Balaban J connectivity index is 1.17. The molecule has 2 heterocycles. The van der Waals surface area contributed by atoms with E-state index in [0.29, 0.717) is 0 Å². The molecule has 2 aromatic heterocycles. The molecule has 260 valence electrons. The lowest BCUT2D eigenvalue weighted by atomic mass is 9.94. The Kier molecular flexibility index (Phi) is 7.26. The van der Waals surface area contributed by atoms with E-state index in [0.717, 1.165) is 56.1 Å². The third-order valence-electron chi connectivity index (χ3n) is 11.0. The molecule has 0 bridgehead atoms. The van der Waals surface area contributed by atoms with Crippen molar-refractivity contribution in [1.29, 1.82) is 0 Å². The molecule has 0 amide bonds. The zero-order valence-electron chi connectivity index (χ0n) is 30.1. The van der Waals surface area contributed by atoms with Crippen LogP contribution in [0.2, 0.25) is 0 Å². The molecule has 0 aliphatic heterocycles. The van der Waals surface area contributed by atoms with Crippen molar-refractivity contribution in [3.8, 4) is 0 Å². The normalized spacial score (nSPS) is 11.7. The zero-order chi connectivity index (χ0) is 36.5. The number of benzene rings is 9.